The van der Waals surface area contributed by atoms with Crippen LogP contribution in [0.15, 0.2) is 54.2 Å². The minimum absolute atomic E-state index is 0.0363. The number of nitrogens with zero attached hydrogens (tertiary/aromatic N) is 2. The first kappa shape index (κ1) is 20.8. The molecule has 2 N–H and O–H groups in total. The number of carboxylic acids is 1. The molecule has 1 fully saturated rings. The number of amides is 2. The summed E-state index contributed by atoms with van der Waals surface area (Å²) in [5, 5.41) is 12.9. The zero-order chi connectivity index (χ0) is 22.3. The highest BCUT2D eigenvalue weighted by Crippen LogP contribution is 2.30. The maximum atomic E-state index is 13.3. The number of rotatable bonds is 4. The second kappa shape index (κ2) is 7.98. The minimum atomic E-state index is -1.00. The van der Waals surface area contributed by atoms with Crippen LogP contribution in [0.3, 0.4) is 0 Å². The monoisotopic (exact) mass is 453 g/mol. The molecule has 1 saturated heterocycles. The molecule has 0 atom stereocenters. The van der Waals surface area contributed by atoms with Crippen molar-refractivity contribution in [1.82, 2.24) is 9.88 Å². The van der Waals surface area contributed by atoms with Crippen molar-refractivity contribution in [3.05, 3.63) is 70.4 Å². The smallest absolute Gasteiger partial charge is 0.323 e. The fourth-order valence-corrected chi connectivity index (χ4v) is 3.98. The van der Waals surface area contributed by atoms with Gasteiger partial charge in [-0.2, -0.15) is 0 Å². The summed E-state index contributed by atoms with van der Waals surface area (Å²) >= 11 is 11.4. The molecule has 0 spiro atoms. The maximum absolute atomic E-state index is 13.3. The average molecular weight is 454 g/mol. The fraction of sp³-hybridized carbons (Fsp3) is 0.0909. The van der Waals surface area contributed by atoms with Gasteiger partial charge in [0.25, 0.3) is 11.8 Å². The van der Waals surface area contributed by atoms with E-state index in [-0.39, 0.29) is 17.2 Å². The average Bonchev–Trinajstić information content (AvgIpc) is 3.05. The first-order valence-electron chi connectivity index (χ1n) is 9.24. The number of nitrogens with one attached hydrogen (secondary N) is 1. The van der Waals surface area contributed by atoms with Crippen LogP contribution >= 0.6 is 23.8 Å². The van der Waals surface area contributed by atoms with Crippen LogP contribution in [-0.4, -0.2) is 32.6 Å². The Bertz CT molecular complexity index is 1310. The molecule has 1 aliphatic rings. The number of carbonyl (C=O) groups is 3. The highest BCUT2D eigenvalue weighted by Gasteiger charge is 2.35. The predicted molar refractivity (Wildman–Crippen MR) is 122 cm³/mol. The number of anilines is 1. The summed E-state index contributed by atoms with van der Waals surface area (Å²) in [6.45, 7) is 1.51. The van der Waals surface area contributed by atoms with Gasteiger partial charge in [-0.25, -0.2) is 0 Å². The van der Waals surface area contributed by atoms with E-state index in [9.17, 15) is 19.5 Å². The number of halogens is 1. The molecule has 31 heavy (non-hydrogen) atoms. The summed E-state index contributed by atoms with van der Waals surface area (Å²) in [6.07, 6.45) is 3.06. The molecular weight excluding hydrogens is 438 g/mol. The third-order valence-electron chi connectivity index (χ3n) is 5.01. The van der Waals surface area contributed by atoms with Crippen molar-refractivity contribution in [2.45, 2.75) is 13.5 Å². The van der Waals surface area contributed by atoms with E-state index in [1.807, 2.05) is 0 Å². The van der Waals surface area contributed by atoms with Gasteiger partial charge in [-0.05, 0) is 49.0 Å². The van der Waals surface area contributed by atoms with Gasteiger partial charge in [0.2, 0.25) is 0 Å². The summed E-state index contributed by atoms with van der Waals surface area (Å²) in [5.74, 6) is -2.21. The van der Waals surface area contributed by atoms with E-state index in [2.05, 4.69) is 5.32 Å². The van der Waals surface area contributed by atoms with Crippen LogP contribution in [0.1, 0.15) is 11.1 Å². The zero-order valence-corrected chi connectivity index (χ0v) is 17.8. The van der Waals surface area contributed by atoms with Crippen molar-refractivity contribution >= 4 is 69.4 Å². The number of hydrogen-bond donors (Lipinski definition) is 2. The van der Waals surface area contributed by atoms with Gasteiger partial charge in [0.05, 0.1) is 5.69 Å². The van der Waals surface area contributed by atoms with Crippen molar-refractivity contribution in [1.29, 1.82) is 0 Å². The quantitative estimate of drug-likeness (QED) is 0.358. The van der Waals surface area contributed by atoms with Gasteiger partial charge in [-0.3, -0.25) is 24.6 Å². The molecule has 156 valence electrons. The number of aromatic nitrogens is 1. The molecule has 3 aromatic rings. The standard InChI is InChI=1S/C22H16ClN3O4S/c1-12-16(23)6-4-8-17(12)26-21(30)15(20(29)24-22(26)31)9-13-10-25(11-19(27)28)18-7-3-2-5-14(13)18/h2-10H,11H2,1H3,(H,27,28)(H,24,29,31). The molecule has 1 aromatic heterocycles. The fourth-order valence-electron chi connectivity index (χ4n) is 3.54. The lowest BCUT2D eigenvalue weighted by molar-refractivity contribution is -0.137. The molecule has 4 rings (SSSR count). The van der Waals surface area contributed by atoms with Crippen LogP contribution in [0, 0.1) is 6.92 Å². The lowest BCUT2D eigenvalue weighted by atomic mass is 10.1. The number of thiocarbonyl (C=S) groups is 1. The highest BCUT2D eigenvalue weighted by molar-refractivity contribution is 7.80. The third-order valence-corrected chi connectivity index (χ3v) is 5.70. The van der Waals surface area contributed by atoms with Gasteiger partial charge < -0.3 is 9.67 Å². The zero-order valence-electron chi connectivity index (χ0n) is 16.3. The largest absolute Gasteiger partial charge is 0.480 e. The Morgan fingerprint density at radius 2 is 1.94 bits per heavy atom. The molecule has 1 aliphatic heterocycles. The van der Waals surface area contributed by atoms with E-state index in [1.165, 1.54) is 11.0 Å². The number of aliphatic carboxylic acids is 1. The van der Waals surface area contributed by atoms with Gasteiger partial charge in [0.15, 0.2) is 5.11 Å². The van der Waals surface area contributed by atoms with Gasteiger partial charge in [0, 0.05) is 27.7 Å². The van der Waals surface area contributed by atoms with E-state index < -0.39 is 17.8 Å². The first-order valence-corrected chi connectivity index (χ1v) is 10.0. The number of hydrogen-bond acceptors (Lipinski definition) is 4. The van der Waals surface area contributed by atoms with Crippen molar-refractivity contribution in [3.63, 3.8) is 0 Å². The molecule has 0 unspecified atom stereocenters. The number of para-hydroxylation sites is 1. The van der Waals surface area contributed by atoms with Crippen LogP contribution in [0.5, 0.6) is 0 Å². The summed E-state index contributed by atoms with van der Waals surface area (Å²) in [6, 6.07) is 12.3. The van der Waals surface area contributed by atoms with Gasteiger partial charge in [-0.15, -0.1) is 0 Å². The lowest BCUT2D eigenvalue weighted by Crippen LogP contribution is -2.54. The van der Waals surface area contributed by atoms with Crippen molar-refractivity contribution in [2.24, 2.45) is 0 Å². The Kier molecular flexibility index (Phi) is 5.34. The molecule has 0 aliphatic carbocycles. The molecule has 9 heteroatoms. The molecular formula is C22H16ClN3O4S. The van der Waals surface area contributed by atoms with E-state index >= 15 is 0 Å². The van der Waals surface area contributed by atoms with Crippen molar-refractivity contribution in [3.8, 4) is 0 Å². The molecule has 2 amide bonds. The Balaban J connectivity index is 1.83. The van der Waals surface area contributed by atoms with Gasteiger partial charge in [0.1, 0.15) is 12.1 Å². The van der Waals surface area contributed by atoms with Crippen molar-refractivity contribution < 1.29 is 19.5 Å². The van der Waals surface area contributed by atoms with Crippen LogP contribution in [0.25, 0.3) is 17.0 Å². The van der Waals surface area contributed by atoms with Crippen LogP contribution in [0.2, 0.25) is 5.02 Å². The van der Waals surface area contributed by atoms with E-state index in [1.54, 1.807) is 60.2 Å². The summed E-state index contributed by atoms with van der Waals surface area (Å²) in [7, 11) is 0. The topological polar surface area (TPSA) is 91.6 Å². The molecule has 0 bridgehead atoms. The second-order valence-electron chi connectivity index (χ2n) is 6.97. The highest BCUT2D eigenvalue weighted by atomic mass is 35.5. The van der Waals surface area contributed by atoms with E-state index in [4.69, 9.17) is 23.8 Å². The lowest BCUT2D eigenvalue weighted by Gasteiger charge is -2.30. The number of fused-ring (bicyclic) bond motifs is 1. The van der Waals surface area contributed by atoms with Gasteiger partial charge >= 0.3 is 5.97 Å². The molecule has 0 radical (unpaired) electrons. The van der Waals surface area contributed by atoms with E-state index in [0.717, 1.165) is 5.39 Å². The summed E-state index contributed by atoms with van der Waals surface area (Å²) < 4.78 is 1.55. The normalized spacial score (nSPS) is 15.6. The molecule has 2 aromatic carbocycles. The Morgan fingerprint density at radius 1 is 1.19 bits per heavy atom. The second-order valence-corrected chi connectivity index (χ2v) is 7.76. The first-order chi connectivity index (χ1) is 14.8. The molecule has 7 nitrogen and oxygen atoms in total. The van der Waals surface area contributed by atoms with Crippen LogP contribution in [-0.2, 0) is 20.9 Å². The molecule has 2 heterocycles. The number of benzene rings is 2. The molecule has 0 saturated carbocycles. The maximum Gasteiger partial charge on any atom is 0.323 e. The SMILES string of the molecule is Cc1c(Cl)cccc1N1C(=O)C(=Cc2cn(CC(=O)O)c3ccccc23)C(=O)NC1=S. The third kappa shape index (κ3) is 3.71. The Morgan fingerprint density at radius 3 is 2.68 bits per heavy atom. The Hall–Kier alpha value is -3.49. The van der Waals surface area contributed by atoms with Gasteiger partial charge in [-0.1, -0.05) is 35.9 Å². The summed E-state index contributed by atoms with van der Waals surface area (Å²) in [5.41, 5.74) is 2.23. The number of carboxylic acid groups (broad SMARTS) is 1. The summed E-state index contributed by atoms with van der Waals surface area (Å²) in [4.78, 5) is 38.4. The van der Waals surface area contributed by atoms with Crippen LogP contribution < -0.4 is 10.2 Å². The minimum Gasteiger partial charge on any atom is -0.480 e. The number of carbonyl (C=O) groups excluding carboxylic acids is 2. The van der Waals surface area contributed by atoms with Crippen LogP contribution in [0.4, 0.5) is 5.69 Å². The predicted octanol–water partition coefficient (Wildman–Crippen LogP) is 3.52. The van der Waals surface area contributed by atoms with E-state index in [0.29, 0.717) is 27.4 Å². The van der Waals surface area contributed by atoms with Crippen molar-refractivity contribution in [2.75, 3.05) is 4.90 Å². The Labute approximate surface area is 187 Å².